The lowest BCUT2D eigenvalue weighted by atomic mass is 9.89. The highest BCUT2D eigenvalue weighted by Crippen LogP contribution is 2.37. The highest BCUT2D eigenvalue weighted by Gasteiger charge is 2.32. The maximum Gasteiger partial charge on any atom is 0.276 e. The predicted octanol–water partition coefficient (Wildman–Crippen LogP) is 4.21. The number of thioether (sulfide) groups is 1. The molecule has 0 saturated carbocycles. The van der Waals surface area contributed by atoms with Gasteiger partial charge < -0.3 is 11.1 Å². The van der Waals surface area contributed by atoms with Crippen LogP contribution in [0.4, 0.5) is 10.1 Å². The number of hydrogen-bond acceptors (Lipinski definition) is 6. The second-order valence-electron chi connectivity index (χ2n) is 6.99. The maximum absolute atomic E-state index is 14.6. The van der Waals surface area contributed by atoms with Crippen LogP contribution < -0.4 is 11.1 Å². The van der Waals surface area contributed by atoms with E-state index in [9.17, 15) is 9.18 Å². The van der Waals surface area contributed by atoms with Gasteiger partial charge in [0, 0.05) is 24.1 Å². The van der Waals surface area contributed by atoms with E-state index < -0.39 is 5.54 Å². The third-order valence-corrected chi connectivity index (χ3v) is 6.57. The summed E-state index contributed by atoms with van der Waals surface area (Å²) in [6.07, 6.45) is 0.664. The van der Waals surface area contributed by atoms with Crippen molar-refractivity contribution in [3.8, 4) is 10.6 Å². The highest BCUT2D eigenvalue weighted by atomic mass is 32.2. The minimum absolute atomic E-state index is 0.296. The number of amidine groups is 1. The van der Waals surface area contributed by atoms with Crippen molar-refractivity contribution in [2.45, 2.75) is 18.9 Å². The standard InChI is InChI=1S/C20H20FN5OS2/c1-20(7-9-29-19(22)24-20)13-10-12(5-6-14(13)21)23-18(27)15-11-16(26(2)25-15)17-4-3-8-28-17/h3-6,8,10-11H,7,9H2,1-2H3,(H2,22,24)(H,23,27). The van der Waals surface area contributed by atoms with Gasteiger partial charge in [0.25, 0.3) is 5.91 Å². The first kappa shape index (κ1) is 19.7. The lowest BCUT2D eigenvalue weighted by molar-refractivity contribution is 0.102. The molecular formula is C20H20FN5OS2. The third kappa shape index (κ3) is 3.92. The van der Waals surface area contributed by atoms with Crippen LogP contribution in [0.25, 0.3) is 10.6 Å². The van der Waals surface area contributed by atoms with Crippen molar-refractivity contribution in [1.82, 2.24) is 9.78 Å². The van der Waals surface area contributed by atoms with Crippen LogP contribution in [0.3, 0.4) is 0 Å². The number of carbonyl (C=O) groups is 1. The van der Waals surface area contributed by atoms with Gasteiger partial charge in [-0.25, -0.2) is 4.39 Å². The number of rotatable bonds is 4. The van der Waals surface area contributed by atoms with Crippen LogP contribution in [0.5, 0.6) is 0 Å². The second-order valence-corrected chi connectivity index (χ2v) is 9.05. The molecule has 1 atom stereocenters. The van der Waals surface area contributed by atoms with E-state index in [-0.39, 0.29) is 11.7 Å². The molecule has 0 spiro atoms. The van der Waals surface area contributed by atoms with E-state index in [1.807, 2.05) is 24.4 Å². The molecule has 29 heavy (non-hydrogen) atoms. The Morgan fingerprint density at radius 1 is 1.34 bits per heavy atom. The van der Waals surface area contributed by atoms with Crippen LogP contribution in [0.1, 0.15) is 29.4 Å². The molecule has 0 bridgehead atoms. The molecule has 9 heteroatoms. The van der Waals surface area contributed by atoms with Crippen molar-refractivity contribution >= 4 is 39.9 Å². The van der Waals surface area contributed by atoms with E-state index in [0.717, 1.165) is 16.3 Å². The number of amides is 1. The molecule has 4 rings (SSSR count). The Bertz CT molecular complexity index is 1090. The predicted molar refractivity (Wildman–Crippen MR) is 117 cm³/mol. The van der Waals surface area contributed by atoms with Gasteiger partial charge in [0.1, 0.15) is 5.82 Å². The molecule has 3 N–H and O–H groups in total. The molecule has 0 radical (unpaired) electrons. The average molecular weight is 430 g/mol. The van der Waals surface area contributed by atoms with Gasteiger partial charge in [0.05, 0.1) is 16.1 Å². The van der Waals surface area contributed by atoms with Gasteiger partial charge in [-0.15, -0.1) is 11.3 Å². The summed E-state index contributed by atoms with van der Waals surface area (Å²) >= 11 is 3.04. The number of aliphatic imine (C=N–C) groups is 1. The quantitative estimate of drug-likeness (QED) is 0.651. The summed E-state index contributed by atoms with van der Waals surface area (Å²) < 4.78 is 16.2. The zero-order valence-corrected chi connectivity index (χ0v) is 17.6. The number of thiophene rings is 1. The van der Waals surface area contributed by atoms with Crippen molar-refractivity contribution in [3.05, 3.63) is 58.9 Å². The molecule has 0 fully saturated rings. The van der Waals surface area contributed by atoms with Crippen LogP contribution >= 0.6 is 23.1 Å². The summed E-state index contributed by atoms with van der Waals surface area (Å²) in [5.41, 5.74) is 7.17. The number of aromatic nitrogens is 2. The summed E-state index contributed by atoms with van der Waals surface area (Å²) in [4.78, 5) is 18.2. The topological polar surface area (TPSA) is 85.3 Å². The molecule has 0 saturated heterocycles. The molecule has 1 unspecified atom stereocenters. The number of halogens is 1. The molecular weight excluding hydrogens is 409 g/mol. The Morgan fingerprint density at radius 2 is 2.17 bits per heavy atom. The highest BCUT2D eigenvalue weighted by molar-refractivity contribution is 8.13. The van der Waals surface area contributed by atoms with E-state index >= 15 is 0 Å². The number of nitrogens with one attached hydrogen (secondary N) is 1. The SMILES string of the molecule is Cn1nc(C(=O)Nc2ccc(F)c(C3(C)CCSC(N)=N3)c2)cc1-c1cccs1. The number of aryl methyl sites for hydroxylation is 1. The van der Waals surface area contributed by atoms with E-state index in [2.05, 4.69) is 15.4 Å². The summed E-state index contributed by atoms with van der Waals surface area (Å²) in [5.74, 6) is 0.0430. The minimum Gasteiger partial charge on any atom is -0.379 e. The van der Waals surface area contributed by atoms with Gasteiger partial charge in [-0.05, 0) is 49.1 Å². The molecule has 0 aliphatic carbocycles. The van der Waals surface area contributed by atoms with Gasteiger partial charge in [-0.2, -0.15) is 5.10 Å². The average Bonchev–Trinajstić information content (AvgIpc) is 3.32. The number of benzene rings is 1. The molecule has 3 heterocycles. The van der Waals surface area contributed by atoms with E-state index in [0.29, 0.717) is 28.5 Å². The van der Waals surface area contributed by atoms with Crippen molar-refractivity contribution in [1.29, 1.82) is 0 Å². The van der Waals surface area contributed by atoms with Gasteiger partial charge in [-0.3, -0.25) is 14.5 Å². The number of nitrogens with zero attached hydrogens (tertiary/aromatic N) is 3. The molecule has 6 nitrogen and oxygen atoms in total. The lowest BCUT2D eigenvalue weighted by Crippen LogP contribution is -2.29. The number of anilines is 1. The van der Waals surface area contributed by atoms with Crippen LogP contribution in [-0.2, 0) is 12.6 Å². The van der Waals surface area contributed by atoms with Gasteiger partial charge in [-0.1, -0.05) is 17.8 Å². The van der Waals surface area contributed by atoms with Crippen LogP contribution in [0.2, 0.25) is 0 Å². The fraction of sp³-hybridized carbons (Fsp3) is 0.250. The fourth-order valence-electron chi connectivity index (χ4n) is 3.32. The van der Waals surface area contributed by atoms with Crippen molar-refractivity contribution in [2.75, 3.05) is 11.1 Å². The van der Waals surface area contributed by atoms with Crippen LogP contribution in [-0.4, -0.2) is 26.6 Å². The minimum atomic E-state index is -0.752. The zero-order chi connectivity index (χ0) is 20.6. The van der Waals surface area contributed by atoms with Crippen molar-refractivity contribution in [3.63, 3.8) is 0 Å². The lowest BCUT2D eigenvalue weighted by Gasteiger charge is -2.30. The van der Waals surface area contributed by atoms with Crippen molar-refractivity contribution in [2.24, 2.45) is 17.8 Å². The summed E-state index contributed by atoms with van der Waals surface area (Å²) in [6.45, 7) is 1.86. The van der Waals surface area contributed by atoms with Crippen LogP contribution in [0.15, 0.2) is 46.8 Å². The van der Waals surface area contributed by atoms with Gasteiger partial charge in [0.2, 0.25) is 0 Å². The Balaban J connectivity index is 1.60. The van der Waals surface area contributed by atoms with Crippen LogP contribution in [0, 0.1) is 5.82 Å². The third-order valence-electron chi connectivity index (χ3n) is 4.89. The first-order valence-corrected chi connectivity index (χ1v) is 10.9. The first-order valence-electron chi connectivity index (χ1n) is 9.03. The largest absolute Gasteiger partial charge is 0.379 e. The summed E-state index contributed by atoms with van der Waals surface area (Å²) in [6, 6.07) is 10.2. The summed E-state index contributed by atoms with van der Waals surface area (Å²) in [5, 5.41) is 9.55. The maximum atomic E-state index is 14.6. The van der Waals surface area contributed by atoms with Gasteiger partial charge in [0.15, 0.2) is 10.9 Å². The Morgan fingerprint density at radius 3 is 2.90 bits per heavy atom. The van der Waals surface area contributed by atoms with E-state index in [1.165, 1.54) is 23.9 Å². The summed E-state index contributed by atoms with van der Waals surface area (Å²) in [7, 11) is 1.80. The number of nitrogens with two attached hydrogens (primary N) is 1. The van der Waals surface area contributed by atoms with Gasteiger partial charge >= 0.3 is 0 Å². The smallest absolute Gasteiger partial charge is 0.276 e. The molecule has 2 aromatic heterocycles. The number of hydrogen-bond donors (Lipinski definition) is 2. The molecule has 150 valence electrons. The number of carbonyl (C=O) groups excluding carboxylic acids is 1. The Kier molecular flexibility index (Phi) is 5.18. The van der Waals surface area contributed by atoms with Crippen molar-refractivity contribution < 1.29 is 9.18 Å². The molecule has 3 aromatic rings. The molecule has 1 aliphatic rings. The van der Waals surface area contributed by atoms with E-state index in [4.69, 9.17) is 5.73 Å². The fourth-order valence-corrected chi connectivity index (χ4v) is 5.07. The van der Waals surface area contributed by atoms with E-state index in [1.54, 1.807) is 35.2 Å². The molecule has 1 aromatic carbocycles. The zero-order valence-electron chi connectivity index (χ0n) is 16.0. The monoisotopic (exact) mass is 429 g/mol. The Hall–Kier alpha value is -2.65. The normalized spacial score (nSPS) is 19.1. The first-order chi connectivity index (χ1) is 13.9. The Labute approximate surface area is 176 Å². The molecule has 1 aliphatic heterocycles. The molecule has 1 amide bonds. The second kappa shape index (κ2) is 7.64.